The van der Waals surface area contributed by atoms with Crippen LogP contribution in [0, 0.1) is 0 Å². The molecule has 32 heavy (non-hydrogen) atoms. The average molecular weight is 455 g/mol. The summed E-state index contributed by atoms with van der Waals surface area (Å²) >= 11 is 0. The molecule has 1 atom stereocenters. The maximum atomic E-state index is 13.7. The molecular formula is C22H31F3N5O2+. The molecule has 0 amide bonds. The predicted molar refractivity (Wildman–Crippen MR) is 114 cm³/mol. The first-order valence-electron chi connectivity index (χ1n) is 11.1. The Labute approximate surface area is 185 Å². The number of benzene rings is 1. The largest absolute Gasteiger partial charge is 0.493 e. The summed E-state index contributed by atoms with van der Waals surface area (Å²) in [6.45, 7) is 3.04. The Balaban J connectivity index is 1.72. The number of alkyl halides is 3. The molecule has 1 aromatic heterocycles. The van der Waals surface area contributed by atoms with Gasteiger partial charge in [0.05, 0.1) is 18.7 Å². The molecule has 0 spiro atoms. The molecule has 0 saturated carbocycles. The molecule has 0 aliphatic carbocycles. The Bertz CT molecular complexity index is 923. The highest BCUT2D eigenvalue weighted by Gasteiger charge is 2.36. The SMILES string of the molecule is CCCCCCCCOc1ccc(-c2noc([C@@H]3CCC[N+]3=C(N)N)n2)cc1C(F)(F)F. The van der Waals surface area contributed by atoms with Gasteiger partial charge in [-0.15, -0.1) is 0 Å². The number of guanidine groups is 1. The zero-order valence-electron chi connectivity index (χ0n) is 18.3. The van der Waals surface area contributed by atoms with Gasteiger partial charge in [-0.25, -0.2) is 0 Å². The Kier molecular flexibility index (Phi) is 7.98. The van der Waals surface area contributed by atoms with Crippen molar-refractivity contribution < 1.29 is 27.0 Å². The Morgan fingerprint density at radius 1 is 1.19 bits per heavy atom. The number of ether oxygens (including phenoxy) is 1. The number of hydrogen-bond donors (Lipinski definition) is 2. The van der Waals surface area contributed by atoms with E-state index in [2.05, 4.69) is 17.1 Å². The van der Waals surface area contributed by atoms with Crippen molar-refractivity contribution in [1.29, 1.82) is 0 Å². The van der Waals surface area contributed by atoms with E-state index in [4.69, 9.17) is 20.7 Å². The molecule has 1 fully saturated rings. The van der Waals surface area contributed by atoms with Gasteiger partial charge in [-0.2, -0.15) is 18.2 Å². The van der Waals surface area contributed by atoms with Gasteiger partial charge in [0.1, 0.15) is 5.75 Å². The average Bonchev–Trinajstić information content (AvgIpc) is 3.42. The van der Waals surface area contributed by atoms with Gasteiger partial charge >= 0.3 is 12.1 Å². The fourth-order valence-corrected chi connectivity index (χ4v) is 3.90. The smallest absolute Gasteiger partial charge is 0.419 e. The van der Waals surface area contributed by atoms with Gasteiger partial charge in [-0.1, -0.05) is 44.2 Å². The van der Waals surface area contributed by atoms with Gasteiger partial charge in [-0.05, 0) is 37.5 Å². The number of aromatic nitrogens is 2. The van der Waals surface area contributed by atoms with Crippen molar-refractivity contribution in [3.63, 3.8) is 0 Å². The van der Waals surface area contributed by atoms with Crippen LogP contribution in [0.1, 0.15) is 75.8 Å². The zero-order valence-corrected chi connectivity index (χ0v) is 18.3. The van der Waals surface area contributed by atoms with E-state index in [-0.39, 0.29) is 41.6 Å². The molecule has 1 aromatic carbocycles. The quantitative estimate of drug-likeness (QED) is 0.309. The fourth-order valence-electron chi connectivity index (χ4n) is 3.90. The Morgan fingerprint density at radius 3 is 2.66 bits per heavy atom. The van der Waals surface area contributed by atoms with E-state index in [0.29, 0.717) is 6.54 Å². The van der Waals surface area contributed by atoms with Crippen LogP contribution in [-0.4, -0.2) is 33.8 Å². The lowest BCUT2D eigenvalue weighted by Gasteiger charge is -2.15. The van der Waals surface area contributed by atoms with Gasteiger partial charge in [0.15, 0.2) is 6.04 Å². The zero-order chi connectivity index (χ0) is 23.1. The maximum absolute atomic E-state index is 13.7. The molecule has 0 radical (unpaired) electrons. The van der Waals surface area contributed by atoms with Crippen LogP contribution in [0.3, 0.4) is 0 Å². The van der Waals surface area contributed by atoms with Crippen molar-refractivity contribution in [1.82, 2.24) is 10.1 Å². The third-order valence-corrected chi connectivity index (χ3v) is 5.61. The molecule has 176 valence electrons. The normalized spacial score (nSPS) is 16.5. The van der Waals surface area contributed by atoms with Crippen LogP contribution in [0.5, 0.6) is 5.75 Å². The molecule has 2 heterocycles. The molecule has 0 bridgehead atoms. The van der Waals surface area contributed by atoms with Gasteiger partial charge in [0.25, 0.3) is 5.89 Å². The van der Waals surface area contributed by atoms with E-state index >= 15 is 0 Å². The minimum absolute atomic E-state index is 0.0791. The van der Waals surface area contributed by atoms with Gasteiger partial charge in [0.2, 0.25) is 5.82 Å². The van der Waals surface area contributed by atoms with E-state index in [9.17, 15) is 13.2 Å². The van der Waals surface area contributed by atoms with Crippen molar-refractivity contribution in [2.24, 2.45) is 11.5 Å². The number of nitrogens with zero attached hydrogens (tertiary/aromatic N) is 3. The highest BCUT2D eigenvalue weighted by atomic mass is 19.4. The fraction of sp³-hybridized carbons (Fsp3) is 0.591. The first-order chi connectivity index (χ1) is 15.3. The van der Waals surface area contributed by atoms with Crippen molar-refractivity contribution >= 4 is 5.96 Å². The van der Waals surface area contributed by atoms with Crippen molar-refractivity contribution in [3.8, 4) is 17.1 Å². The molecular weight excluding hydrogens is 423 g/mol. The van der Waals surface area contributed by atoms with Gasteiger partial charge in [-0.3, -0.25) is 16.0 Å². The summed E-state index contributed by atoms with van der Waals surface area (Å²) in [4.78, 5) is 4.31. The molecule has 7 nitrogen and oxygen atoms in total. The lowest BCUT2D eigenvalue weighted by Crippen LogP contribution is -2.35. The molecule has 1 aliphatic heterocycles. The summed E-state index contributed by atoms with van der Waals surface area (Å²) in [5.41, 5.74) is 10.7. The maximum Gasteiger partial charge on any atom is 0.419 e. The van der Waals surface area contributed by atoms with E-state index in [1.807, 2.05) is 0 Å². The summed E-state index contributed by atoms with van der Waals surface area (Å²) in [5, 5.41) is 3.88. The van der Waals surface area contributed by atoms with E-state index in [1.165, 1.54) is 18.6 Å². The second-order valence-electron chi connectivity index (χ2n) is 8.06. The minimum Gasteiger partial charge on any atom is -0.493 e. The standard InChI is InChI=1S/C22H30F3N5O2/c1-2-3-4-5-6-7-13-31-18-11-10-15(14-16(18)22(23,24)25)19-28-20(32-29-19)17-9-8-12-30(17)21(26)27/h10-11,14,17H,2-9,12-13H2,1H3,(H3,26,27)/p+1/t17-/m0/s1. The first-order valence-corrected chi connectivity index (χ1v) is 11.1. The highest BCUT2D eigenvalue weighted by molar-refractivity contribution is 5.70. The number of hydrogen-bond acceptors (Lipinski definition) is 4. The Hall–Kier alpha value is -2.78. The summed E-state index contributed by atoms with van der Waals surface area (Å²) in [6.07, 6.45) is 3.19. The van der Waals surface area contributed by atoms with Crippen LogP contribution in [0.15, 0.2) is 22.7 Å². The van der Waals surface area contributed by atoms with Crippen LogP contribution < -0.4 is 16.2 Å². The van der Waals surface area contributed by atoms with Crippen LogP contribution in [0.25, 0.3) is 11.4 Å². The lowest BCUT2D eigenvalue weighted by molar-refractivity contribution is -0.555. The van der Waals surface area contributed by atoms with Crippen LogP contribution in [0.2, 0.25) is 0 Å². The third kappa shape index (κ3) is 5.92. The molecule has 1 saturated heterocycles. The summed E-state index contributed by atoms with van der Waals surface area (Å²) < 4.78 is 53.5. The van der Waals surface area contributed by atoms with E-state index in [0.717, 1.165) is 51.0 Å². The topological polar surface area (TPSA) is 103 Å². The number of rotatable bonds is 10. The molecule has 4 N–H and O–H groups in total. The second kappa shape index (κ2) is 10.7. The monoisotopic (exact) mass is 454 g/mol. The molecule has 1 aliphatic rings. The van der Waals surface area contributed by atoms with E-state index < -0.39 is 11.7 Å². The minimum atomic E-state index is -4.57. The Morgan fingerprint density at radius 2 is 1.94 bits per heavy atom. The van der Waals surface area contributed by atoms with Gasteiger partial charge < -0.3 is 9.26 Å². The van der Waals surface area contributed by atoms with Crippen LogP contribution in [0.4, 0.5) is 13.2 Å². The highest BCUT2D eigenvalue weighted by Crippen LogP contribution is 2.39. The number of nitrogens with two attached hydrogens (primary N) is 2. The van der Waals surface area contributed by atoms with Crippen molar-refractivity contribution in [3.05, 3.63) is 29.7 Å². The second-order valence-corrected chi connectivity index (χ2v) is 8.06. The summed E-state index contributed by atoms with van der Waals surface area (Å²) in [6, 6.07) is 3.55. The van der Waals surface area contributed by atoms with Crippen LogP contribution in [-0.2, 0) is 6.18 Å². The van der Waals surface area contributed by atoms with Gasteiger partial charge in [0, 0.05) is 5.56 Å². The predicted octanol–water partition coefficient (Wildman–Crippen LogP) is 4.62. The molecule has 2 aromatic rings. The first kappa shape index (κ1) is 23.9. The summed E-state index contributed by atoms with van der Waals surface area (Å²) in [5.74, 6) is 0.322. The molecule has 3 rings (SSSR count). The lowest BCUT2D eigenvalue weighted by atomic mass is 10.1. The molecule has 0 unspecified atom stereocenters. The third-order valence-electron chi connectivity index (χ3n) is 5.61. The van der Waals surface area contributed by atoms with Crippen molar-refractivity contribution in [2.75, 3.05) is 13.2 Å². The number of halogens is 3. The van der Waals surface area contributed by atoms with Crippen LogP contribution >= 0.6 is 0 Å². The van der Waals surface area contributed by atoms with E-state index in [1.54, 1.807) is 4.58 Å². The molecule has 10 heteroatoms. The number of unbranched alkanes of at least 4 members (excludes halogenated alkanes) is 5. The summed E-state index contributed by atoms with van der Waals surface area (Å²) in [7, 11) is 0. The van der Waals surface area contributed by atoms with Crippen molar-refractivity contribution in [2.45, 2.75) is 70.5 Å².